The lowest BCUT2D eigenvalue weighted by atomic mass is 9.89. The van der Waals surface area contributed by atoms with Crippen LogP contribution < -0.4 is 5.32 Å². The molecular weight excluding hydrogens is 280 g/mol. The molecule has 20 heavy (non-hydrogen) atoms. The molecule has 0 aromatic rings. The maximum atomic E-state index is 12.7. The van der Waals surface area contributed by atoms with Crippen LogP contribution >= 0.6 is 0 Å². The van der Waals surface area contributed by atoms with E-state index in [1.54, 1.807) is 6.92 Å². The van der Waals surface area contributed by atoms with Crippen molar-refractivity contribution in [3.05, 3.63) is 0 Å². The van der Waals surface area contributed by atoms with Gasteiger partial charge in [-0.2, -0.15) is 0 Å². The zero-order valence-corrected chi connectivity index (χ0v) is 13.0. The lowest BCUT2D eigenvalue weighted by Crippen LogP contribution is -2.70. The highest BCUT2D eigenvalue weighted by Crippen LogP contribution is 2.42. The molecule has 2 unspecified atom stereocenters. The van der Waals surface area contributed by atoms with Crippen LogP contribution in [0.25, 0.3) is 0 Å². The molecule has 2 rings (SSSR count). The second kappa shape index (κ2) is 5.02. The molecule has 1 saturated heterocycles. The highest BCUT2D eigenvalue weighted by Gasteiger charge is 2.54. The summed E-state index contributed by atoms with van der Waals surface area (Å²) in [5, 5.41) is 2.85. The third kappa shape index (κ3) is 2.82. The van der Waals surface area contributed by atoms with Crippen molar-refractivity contribution in [1.82, 2.24) is 10.2 Å². The van der Waals surface area contributed by atoms with Gasteiger partial charge in [0.05, 0.1) is 5.75 Å². The molecule has 0 radical (unpaired) electrons. The first kappa shape index (κ1) is 15.3. The summed E-state index contributed by atoms with van der Waals surface area (Å²) >= 11 is 0. The normalized spacial score (nSPS) is 31.4. The van der Waals surface area contributed by atoms with E-state index in [1.807, 2.05) is 6.92 Å². The van der Waals surface area contributed by atoms with Gasteiger partial charge in [-0.15, -0.1) is 0 Å². The minimum absolute atomic E-state index is 0.0892. The number of hydrogen-bond donors (Lipinski definition) is 1. The predicted molar refractivity (Wildman–Crippen MR) is 74.8 cm³/mol. The second-order valence-corrected chi connectivity index (χ2v) is 8.28. The van der Waals surface area contributed by atoms with Crippen LogP contribution in [0.1, 0.15) is 33.1 Å². The fourth-order valence-electron chi connectivity index (χ4n) is 2.84. The van der Waals surface area contributed by atoms with Gasteiger partial charge in [-0.3, -0.25) is 9.59 Å². The number of nitrogens with one attached hydrogen (secondary N) is 1. The lowest BCUT2D eigenvalue weighted by molar-refractivity contribution is -0.155. The third-order valence-electron chi connectivity index (χ3n) is 4.25. The molecule has 1 heterocycles. The minimum atomic E-state index is -3.16. The Labute approximate surface area is 119 Å². The number of piperazine rings is 1. The number of carbonyl (C=O) groups is 2. The Balaban J connectivity index is 2.23. The summed E-state index contributed by atoms with van der Waals surface area (Å²) in [6, 6.07) is -0.559. The summed E-state index contributed by atoms with van der Waals surface area (Å²) in [6.45, 7) is 3.67. The van der Waals surface area contributed by atoms with Gasteiger partial charge in [0.15, 0.2) is 0 Å². The Hall–Kier alpha value is -1.11. The van der Waals surface area contributed by atoms with Crippen molar-refractivity contribution in [2.24, 2.45) is 5.92 Å². The molecule has 1 aliphatic carbocycles. The first-order chi connectivity index (χ1) is 9.19. The maximum absolute atomic E-state index is 12.7. The van der Waals surface area contributed by atoms with E-state index in [9.17, 15) is 18.0 Å². The Bertz CT molecular complexity index is 526. The van der Waals surface area contributed by atoms with Crippen molar-refractivity contribution >= 4 is 21.7 Å². The van der Waals surface area contributed by atoms with E-state index in [-0.39, 0.29) is 30.0 Å². The largest absolute Gasteiger partial charge is 0.340 e. The molecule has 114 valence electrons. The van der Waals surface area contributed by atoms with Crippen LogP contribution in [0, 0.1) is 5.92 Å². The standard InChI is InChI=1S/C13H22N2O4S/c1-4-10-11(16)14-13(2,9-5-6-9)12(17)15(10)7-8-20(3,18)19/h9-10H,4-8H2,1-3H3,(H,14,16). The van der Waals surface area contributed by atoms with E-state index in [0.29, 0.717) is 6.42 Å². The minimum Gasteiger partial charge on any atom is -0.340 e. The van der Waals surface area contributed by atoms with Crippen LogP contribution in [-0.2, 0) is 19.4 Å². The van der Waals surface area contributed by atoms with Crippen molar-refractivity contribution < 1.29 is 18.0 Å². The molecule has 2 fully saturated rings. The van der Waals surface area contributed by atoms with Gasteiger partial charge in [0, 0.05) is 12.8 Å². The SMILES string of the molecule is CCC1C(=O)NC(C)(C2CC2)C(=O)N1CCS(C)(=O)=O. The fourth-order valence-corrected chi connectivity index (χ4v) is 3.37. The van der Waals surface area contributed by atoms with Crippen molar-refractivity contribution in [2.45, 2.75) is 44.7 Å². The van der Waals surface area contributed by atoms with E-state index < -0.39 is 21.4 Å². The molecule has 2 aliphatic rings. The summed E-state index contributed by atoms with van der Waals surface area (Å²) < 4.78 is 22.7. The maximum Gasteiger partial charge on any atom is 0.249 e. The Morgan fingerprint density at radius 2 is 1.95 bits per heavy atom. The van der Waals surface area contributed by atoms with Crippen LogP contribution in [0.4, 0.5) is 0 Å². The van der Waals surface area contributed by atoms with Crippen LogP contribution in [-0.4, -0.2) is 55.3 Å². The molecule has 1 saturated carbocycles. The summed E-state index contributed by atoms with van der Waals surface area (Å²) in [5.41, 5.74) is -0.861. The number of sulfone groups is 1. The van der Waals surface area contributed by atoms with Crippen molar-refractivity contribution in [3.8, 4) is 0 Å². The Morgan fingerprint density at radius 3 is 2.40 bits per heavy atom. The number of amides is 2. The van der Waals surface area contributed by atoms with E-state index >= 15 is 0 Å². The predicted octanol–water partition coefficient (Wildman–Crippen LogP) is -0.0633. The van der Waals surface area contributed by atoms with Crippen molar-refractivity contribution in [1.29, 1.82) is 0 Å². The molecule has 2 amide bonds. The molecule has 0 aromatic heterocycles. The van der Waals surface area contributed by atoms with Gasteiger partial charge in [-0.25, -0.2) is 8.42 Å². The topological polar surface area (TPSA) is 83.6 Å². The van der Waals surface area contributed by atoms with E-state index in [4.69, 9.17) is 0 Å². The van der Waals surface area contributed by atoms with Gasteiger partial charge < -0.3 is 10.2 Å². The summed E-state index contributed by atoms with van der Waals surface area (Å²) in [7, 11) is -3.16. The summed E-state index contributed by atoms with van der Waals surface area (Å²) in [4.78, 5) is 26.3. The summed E-state index contributed by atoms with van der Waals surface area (Å²) in [5.74, 6) is -0.244. The van der Waals surface area contributed by atoms with Gasteiger partial charge in [0.2, 0.25) is 11.8 Å². The average molecular weight is 302 g/mol. The monoisotopic (exact) mass is 302 g/mol. The molecule has 0 spiro atoms. The third-order valence-corrected chi connectivity index (χ3v) is 5.17. The first-order valence-electron chi connectivity index (χ1n) is 7.00. The lowest BCUT2D eigenvalue weighted by Gasteiger charge is -2.44. The van der Waals surface area contributed by atoms with Crippen molar-refractivity contribution in [2.75, 3.05) is 18.6 Å². The Morgan fingerprint density at radius 1 is 1.35 bits per heavy atom. The highest BCUT2D eigenvalue weighted by molar-refractivity contribution is 7.90. The van der Waals surface area contributed by atoms with Crippen LogP contribution in [0.5, 0.6) is 0 Å². The van der Waals surface area contributed by atoms with Gasteiger partial charge in [0.1, 0.15) is 21.4 Å². The molecule has 0 bridgehead atoms. The van der Waals surface area contributed by atoms with E-state index in [0.717, 1.165) is 19.1 Å². The van der Waals surface area contributed by atoms with E-state index in [2.05, 4.69) is 5.32 Å². The molecule has 2 atom stereocenters. The smallest absolute Gasteiger partial charge is 0.249 e. The van der Waals surface area contributed by atoms with Gasteiger partial charge in [-0.05, 0) is 32.1 Å². The zero-order valence-electron chi connectivity index (χ0n) is 12.2. The molecule has 1 N–H and O–H groups in total. The molecule has 1 aliphatic heterocycles. The molecule has 6 nitrogen and oxygen atoms in total. The Kier molecular flexibility index (Phi) is 3.83. The molecule has 0 aromatic carbocycles. The van der Waals surface area contributed by atoms with Crippen LogP contribution in [0.15, 0.2) is 0 Å². The van der Waals surface area contributed by atoms with Gasteiger partial charge in [0.25, 0.3) is 0 Å². The number of nitrogens with zero attached hydrogens (tertiary/aromatic N) is 1. The second-order valence-electron chi connectivity index (χ2n) is 6.02. The van der Waals surface area contributed by atoms with Crippen LogP contribution in [0.3, 0.4) is 0 Å². The van der Waals surface area contributed by atoms with Crippen molar-refractivity contribution in [3.63, 3.8) is 0 Å². The van der Waals surface area contributed by atoms with Crippen LogP contribution in [0.2, 0.25) is 0 Å². The summed E-state index contributed by atoms with van der Waals surface area (Å²) in [6.07, 6.45) is 3.49. The quantitative estimate of drug-likeness (QED) is 0.771. The number of hydrogen-bond acceptors (Lipinski definition) is 4. The number of carbonyl (C=O) groups excluding carboxylic acids is 2. The average Bonchev–Trinajstić information content (AvgIpc) is 3.14. The number of rotatable bonds is 5. The van der Waals surface area contributed by atoms with Gasteiger partial charge in [-0.1, -0.05) is 6.92 Å². The highest BCUT2D eigenvalue weighted by atomic mass is 32.2. The molecular formula is C13H22N2O4S. The van der Waals surface area contributed by atoms with Gasteiger partial charge >= 0.3 is 0 Å². The fraction of sp³-hybridized carbons (Fsp3) is 0.846. The first-order valence-corrected chi connectivity index (χ1v) is 9.06. The van der Waals surface area contributed by atoms with E-state index in [1.165, 1.54) is 4.90 Å². The zero-order chi connectivity index (χ0) is 15.1. The molecule has 7 heteroatoms.